The normalized spacial score (nSPS) is 18.2. The van der Waals surface area contributed by atoms with Gasteiger partial charge in [-0.1, -0.05) is 52.7 Å². The number of anilines is 1. The summed E-state index contributed by atoms with van der Waals surface area (Å²) in [6.45, 7) is 15.2. The number of thiazole rings is 1. The van der Waals surface area contributed by atoms with Crippen molar-refractivity contribution in [2.45, 2.75) is 129 Å². The maximum absolute atomic E-state index is 13.4. The van der Waals surface area contributed by atoms with Crippen LogP contribution in [0.1, 0.15) is 115 Å². The van der Waals surface area contributed by atoms with E-state index < -0.39 is 57.7 Å². The van der Waals surface area contributed by atoms with Crippen LogP contribution in [0.4, 0.5) is 10.5 Å². The third-order valence-electron chi connectivity index (χ3n) is 9.64. The van der Waals surface area contributed by atoms with E-state index in [0.29, 0.717) is 11.3 Å². The van der Waals surface area contributed by atoms with Crippen LogP contribution < -0.4 is 15.4 Å². The number of aliphatic hydroxyl groups excluding tert-OH is 1. The summed E-state index contributed by atoms with van der Waals surface area (Å²) in [5.74, 6) is -2.32. The standard InChI is InChI=1S/C38H60N6O9S2/c1-11-24(4)32(41-34(47)29-17-12-13-18-43(29)9)36(48)44(10)30(23(2)3)20-31(52-25(5)45)35-40-28(21-54-35)33(46)42-55(50,51)22-26-15-14-16-27(19-26)39-37(49)53-38(6,7)8/h14-16,19,21,23-24,29-32,36,48H,11-13,17-18,20,22H2,1-10H3,(H,39,49)(H,41,47)(H,42,46)/t24-,29+,30+,31+,32-,36?/m0/s1. The number of likely N-dealkylation sites (N-methyl/N-ethyl adjacent to an activating group) is 2. The van der Waals surface area contributed by atoms with Gasteiger partial charge < -0.3 is 19.9 Å². The number of esters is 1. The van der Waals surface area contributed by atoms with Crippen LogP contribution in [-0.2, 0) is 34.8 Å². The lowest BCUT2D eigenvalue weighted by atomic mass is 9.92. The molecule has 3 rings (SSSR count). The molecule has 4 N–H and O–H groups in total. The van der Waals surface area contributed by atoms with Crippen LogP contribution in [0.5, 0.6) is 0 Å². The lowest BCUT2D eigenvalue weighted by Crippen LogP contribution is -2.60. The number of carbonyl (C=O) groups excluding carboxylic acids is 4. The lowest BCUT2D eigenvalue weighted by molar-refractivity contribution is -0.149. The average molecular weight is 809 g/mol. The molecule has 17 heteroatoms. The first-order chi connectivity index (χ1) is 25.6. The summed E-state index contributed by atoms with van der Waals surface area (Å²) in [5.41, 5.74) is -0.271. The number of nitrogens with one attached hydrogen (secondary N) is 3. The number of benzene rings is 1. The van der Waals surface area contributed by atoms with Crippen LogP contribution in [0, 0.1) is 11.8 Å². The fourth-order valence-corrected chi connectivity index (χ4v) is 8.47. The van der Waals surface area contributed by atoms with E-state index in [2.05, 4.69) is 15.6 Å². The zero-order valence-electron chi connectivity index (χ0n) is 33.7. The van der Waals surface area contributed by atoms with Gasteiger partial charge in [0.2, 0.25) is 15.9 Å². The number of carbonyl (C=O) groups is 4. The number of sulfonamides is 1. The number of hydrogen-bond acceptors (Lipinski definition) is 13. The molecule has 3 amide bonds. The van der Waals surface area contributed by atoms with Crippen molar-refractivity contribution in [2.75, 3.05) is 26.0 Å². The molecule has 1 unspecified atom stereocenters. The molecule has 2 heterocycles. The Hall–Kier alpha value is -3.64. The predicted molar refractivity (Wildman–Crippen MR) is 212 cm³/mol. The second kappa shape index (κ2) is 20.0. The fraction of sp³-hybridized carbons (Fsp3) is 0.658. The minimum Gasteiger partial charge on any atom is -0.455 e. The van der Waals surface area contributed by atoms with Gasteiger partial charge in [0.15, 0.2) is 6.10 Å². The van der Waals surface area contributed by atoms with Gasteiger partial charge in [0, 0.05) is 30.5 Å². The molecule has 1 fully saturated rings. The molecule has 1 saturated heterocycles. The molecule has 6 atom stereocenters. The molecule has 0 aliphatic carbocycles. The zero-order chi connectivity index (χ0) is 41.2. The number of amides is 3. The van der Waals surface area contributed by atoms with Crippen LogP contribution in [0.15, 0.2) is 29.6 Å². The highest BCUT2D eigenvalue weighted by atomic mass is 32.2. The topological polar surface area (TPSA) is 197 Å². The fourth-order valence-electron chi connectivity index (χ4n) is 6.56. The third-order valence-corrected chi connectivity index (χ3v) is 11.8. The van der Waals surface area contributed by atoms with Crippen molar-refractivity contribution >= 4 is 50.9 Å². The van der Waals surface area contributed by atoms with Gasteiger partial charge in [0.25, 0.3) is 5.91 Å². The van der Waals surface area contributed by atoms with E-state index in [1.54, 1.807) is 50.9 Å². The number of hydrogen-bond donors (Lipinski definition) is 4. The Morgan fingerprint density at radius 1 is 1.15 bits per heavy atom. The van der Waals surface area contributed by atoms with Crippen LogP contribution in [0.3, 0.4) is 0 Å². The predicted octanol–water partition coefficient (Wildman–Crippen LogP) is 5.03. The smallest absolute Gasteiger partial charge is 0.412 e. The van der Waals surface area contributed by atoms with Gasteiger partial charge in [0.1, 0.15) is 22.5 Å². The third kappa shape index (κ3) is 14.1. The van der Waals surface area contributed by atoms with E-state index in [9.17, 15) is 32.7 Å². The number of aliphatic hydroxyl groups is 1. The summed E-state index contributed by atoms with van der Waals surface area (Å²) in [6, 6.07) is 4.94. The first-order valence-corrected chi connectivity index (χ1v) is 21.3. The average Bonchev–Trinajstić information content (AvgIpc) is 3.57. The van der Waals surface area contributed by atoms with E-state index in [-0.39, 0.29) is 46.9 Å². The van der Waals surface area contributed by atoms with Crippen molar-refractivity contribution < 1.29 is 42.2 Å². The summed E-state index contributed by atoms with van der Waals surface area (Å²) in [5, 5.41) is 19.2. The molecule has 1 aliphatic rings. The van der Waals surface area contributed by atoms with Crippen molar-refractivity contribution in [2.24, 2.45) is 11.8 Å². The van der Waals surface area contributed by atoms with Crippen LogP contribution >= 0.6 is 11.3 Å². The molecule has 308 valence electrons. The Balaban J connectivity index is 1.75. The van der Waals surface area contributed by atoms with E-state index in [1.165, 1.54) is 18.4 Å². The molecule has 55 heavy (non-hydrogen) atoms. The molecular weight excluding hydrogens is 749 g/mol. The molecule has 2 aromatic rings. The van der Waals surface area contributed by atoms with Gasteiger partial charge in [-0.15, -0.1) is 11.3 Å². The molecular formula is C38H60N6O9S2. The summed E-state index contributed by atoms with van der Waals surface area (Å²) in [7, 11) is -0.498. The van der Waals surface area contributed by atoms with Crippen LogP contribution in [0.25, 0.3) is 0 Å². The highest BCUT2D eigenvalue weighted by molar-refractivity contribution is 7.89. The quantitative estimate of drug-likeness (QED) is 0.123. The molecule has 15 nitrogen and oxygen atoms in total. The number of rotatable bonds is 17. The minimum absolute atomic E-state index is 0.0541. The van der Waals surface area contributed by atoms with Crippen molar-refractivity contribution in [3.8, 4) is 0 Å². The second-order valence-electron chi connectivity index (χ2n) is 15.7. The maximum Gasteiger partial charge on any atom is 0.412 e. The Morgan fingerprint density at radius 3 is 2.44 bits per heavy atom. The summed E-state index contributed by atoms with van der Waals surface area (Å²) in [6.07, 6.45) is 0.975. The number of ether oxygens (including phenoxy) is 2. The number of likely N-dealkylation sites (tertiary alicyclic amines) is 1. The minimum atomic E-state index is -4.21. The number of nitrogens with zero attached hydrogens (tertiary/aromatic N) is 3. The monoisotopic (exact) mass is 808 g/mol. The van der Waals surface area contributed by atoms with Gasteiger partial charge in [-0.2, -0.15) is 0 Å². The largest absolute Gasteiger partial charge is 0.455 e. The second-order valence-corrected chi connectivity index (χ2v) is 18.3. The zero-order valence-corrected chi connectivity index (χ0v) is 35.4. The van der Waals surface area contributed by atoms with E-state index in [1.807, 2.05) is 44.4 Å². The highest BCUT2D eigenvalue weighted by Gasteiger charge is 2.38. The molecule has 0 bridgehead atoms. The maximum atomic E-state index is 13.4. The Bertz CT molecular complexity index is 1730. The van der Waals surface area contributed by atoms with E-state index >= 15 is 0 Å². The number of aromatic nitrogens is 1. The van der Waals surface area contributed by atoms with Crippen molar-refractivity contribution in [3.63, 3.8) is 0 Å². The summed E-state index contributed by atoms with van der Waals surface area (Å²) in [4.78, 5) is 59.3. The molecule has 0 saturated carbocycles. The molecule has 0 radical (unpaired) electrons. The molecule has 1 aromatic carbocycles. The first-order valence-electron chi connectivity index (χ1n) is 18.8. The van der Waals surface area contributed by atoms with E-state index in [0.717, 1.165) is 43.6 Å². The highest BCUT2D eigenvalue weighted by Crippen LogP contribution is 2.32. The first kappa shape index (κ1) is 45.7. The van der Waals surface area contributed by atoms with Gasteiger partial charge in [-0.05, 0) is 83.8 Å². The number of piperidine rings is 1. The molecule has 1 aliphatic heterocycles. The van der Waals surface area contributed by atoms with Crippen molar-refractivity contribution in [1.29, 1.82) is 0 Å². The summed E-state index contributed by atoms with van der Waals surface area (Å²) < 4.78 is 39.1. The lowest BCUT2D eigenvalue weighted by Gasteiger charge is -2.42. The van der Waals surface area contributed by atoms with Gasteiger partial charge >= 0.3 is 12.1 Å². The SMILES string of the molecule is CC[C@H](C)[C@H](NC(=O)[C@H]1CCCCN1C)C(O)N(C)[C@H](C[C@@H](OC(C)=O)c1nc(C(=O)NS(=O)(=O)Cc2cccc(NC(=O)OC(C)(C)C)c2)cs1)C(C)C. The van der Waals surface area contributed by atoms with Gasteiger partial charge in [0.05, 0.1) is 17.8 Å². The van der Waals surface area contributed by atoms with Crippen molar-refractivity contribution in [3.05, 3.63) is 45.9 Å². The van der Waals surface area contributed by atoms with Crippen molar-refractivity contribution in [1.82, 2.24) is 24.8 Å². The van der Waals surface area contributed by atoms with E-state index in [4.69, 9.17) is 9.47 Å². The van der Waals surface area contributed by atoms with Gasteiger partial charge in [-0.25, -0.2) is 22.9 Å². The van der Waals surface area contributed by atoms with Crippen LogP contribution in [-0.4, -0.2) is 103 Å². The van der Waals surface area contributed by atoms with Gasteiger partial charge in [-0.3, -0.25) is 29.5 Å². The Labute approximate surface area is 330 Å². The molecule has 0 spiro atoms. The Morgan fingerprint density at radius 2 is 1.84 bits per heavy atom. The molecule has 1 aromatic heterocycles. The summed E-state index contributed by atoms with van der Waals surface area (Å²) >= 11 is 1.04. The Kier molecular flexibility index (Phi) is 16.6. The van der Waals surface area contributed by atoms with Crippen LogP contribution in [0.2, 0.25) is 0 Å².